The van der Waals surface area contributed by atoms with Crippen molar-refractivity contribution in [1.29, 1.82) is 0 Å². The zero-order valence-corrected chi connectivity index (χ0v) is 10.3. The third-order valence-electron chi connectivity index (χ3n) is 2.41. The van der Waals surface area contributed by atoms with Gasteiger partial charge in [0, 0.05) is 19.1 Å². The number of hydrogen-bond donors (Lipinski definition) is 1. The fourth-order valence-electron chi connectivity index (χ4n) is 1.49. The van der Waals surface area contributed by atoms with Crippen molar-refractivity contribution in [2.75, 3.05) is 0 Å². The summed E-state index contributed by atoms with van der Waals surface area (Å²) in [4.78, 5) is 0. The second-order valence-electron chi connectivity index (χ2n) is 3.28. The Morgan fingerprint density at radius 2 is 1.86 bits per heavy atom. The normalized spacial score (nSPS) is 9.86. The molecular formula is C11H12INO. The summed E-state index contributed by atoms with van der Waals surface area (Å²) in [5.41, 5.74) is 2.34. The third-order valence-corrected chi connectivity index (χ3v) is 2.41. The predicted molar refractivity (Wildman–Crippen MR) is 51.5 cm³/mol. The summed E-state index contributed by atoms with van der Waals surface area (Å²) in [5.74, 6) is 0.316. The number of phenols is 1. The first kappa shape index (κ1) is 11.2. The van der Waals surface area contributed by atoms with Crippen LogP contribution in [0.15, 0.2) is 30.3 Å². The first-order valence-electron chi connectivity index (χ1n) is 4.27. The van der Waals surface area contributed by atoms with Crippen molar-refractivity contribution in [2.45, 2.75) is 6.92 Å². The molecule has 0 unspecified atom stereocenters. The standard InChI is InChI=1S/C11H11NO.HI/c1-8-3-4-9-7-10(13)5-6-11(9)12(8)2;/h3-7H,1-2H3;1H. The number of aromatic nitrogens is 1. The molecule has 14 heavy (non-hydrogen) atoms. The van der Waals surface area contributed by atoms with Crippen molar-refractivity contribution in [3.05, 3.63) is 36.0 Å². The van der Waals surface area contributed by atoms with Crippen molar-refractivity contribution in [2.24, 2.45) is 7.05 Å². The van der Waals surface area contributed by atoms with E-state index in [4.69, 9.17) is 0 Å². The second kappa shape index (κ2) is 4.13. The molecule has 74 valence electrons. The Morgan fingerprint density at radius 1 is 1.14 bits per heavy atom. The predicted octanol–water partition coefficient (Wildman–Crippen LogP) is -1.32. The molecule has 0 saturated heterocycles. The monoisotopic (exact) mass is 301 g/mol. The number of nitrogens with zero attached hydrogens (tertiary/aromatic N) is 1. The lowest BCUT2D eigenvalue weighted by Crippen LogP contribution is -3.00. The molecule has 3 heteroatoms. The molecular weight excluding hydrogens is 289 g/mol. The molecule has 2 rings (SSSR count). The number of phenolic OH excluding ortho intramolecular Hbond substituents is 1. The molecule has 0 amide bonds. The van der Waals surface area contributed by atoms with Gasteiger partial charge in [-0.25, -0.2) is 0 Å². The van der Waals surface area contributed by atoms with E-state index in [2.05, 4.69) is 11.5 Å². The Labute approximate surface area is 100 Å². The molecule has 0 atom stereocenters. The largest absolute Gasteiger partial charge is 1.00 e. The van der Waals surface area contributed by atoms with Crippen LogP contribution < -0.4 is 28.5 Å². The molecule has 0 fully saturated rings. The molecule has 0 bridgehead atoms. The van der Waals surface area contributed by atoms with Crippen molar-refractivity contribution >= 4 is 10.9 Å². The lowest BCUT2D eigenvalue weighted by molar-refractivity contribution is -0.651. The van der Waals surface area contributed by atoms with Crippen LogP contribution >= 0.6 is 0 Å². The SMILES string of the molecule is Cc1ccc2cc(O)ccc2[n+]1C.[I-]. The molecule has 0 spiro atoms. The molecule has 1 aromatic carbocycles. The van der Waals surface area contributed by atoms with Crippen LogP contribution in [0.1, 0.15) is 5.69 Å². The van der Waals surface area contributed by atoms with E-state index in [0.717, 1.165) is 10.9 Å². The van der Waals surface area contributed by atoms with Gasteiger partial charge in [0.15, 0.2) is 5.69 Å². The van der Waals surface area contributed by atoms with E-state index in [-0.39, 0.29) is 24.0 Å². The number of halogens is 1. The highest BCUT2D eigenvalue weighted by Crippen LogP contribution is 2.16. The molecule has 0 aliphatic rings. The van der Waals surface area contributed by atoms with Gasteiger partial charge in [0.2, 0.25) is 5.52 Å². The maximum atomic E-state index is 9.28. The lowest BCUT2D eigenvalue weighted by atomic mass is 10.2. The van der Waals surface area contributed by atoms with Crippen LogP contribution in [0.2, 0.25) is 0 Å². The van der Waals surface area contributed by atoms with Gasteiger partial charge in [0.1, 0.15) is 12.8 Å². The van der Waals surface area contributed by atoms with E-state index in [1.165, 1.54) is 5.69 Å². The maximum absolute atomic E-state index is 9.28. The number of benzene rings is 1. The molecule has 0 aliphatic heterocycles. The average Bonchev–Trinajstić information content (AvgIpc) is 2.12. The zero-order valence-electron chi connectivity index (χ0n) is 8.16. The van der Waals surface area contributed by atoms with E-state index in [9.17, 15) is 5.11 Å². The quantitative estimate of drug-likeness (QED) is 0.474. The summed E-state index contributed by atoms with van der Waals surface area (Å²) in [7, 11) is 2.02. The Balaban J connectivity index is 0.000000980. The number of fused-ring (bicyclic) bond motifs is 1. The Morgan fingerprint density at radius 3 is 2.57 bits per heavy atom. The highest BCUT2D eigenvalue weighted by Gasteiger charge is 2.07. The van der Waals surface area contributed by atoms with Crippen LogP contribution in [0.5, 0.6) is 5.75 Å². The fraction of sp³-hybridized carbons (Fsp3) is 0.182. The van der Waals surface area contributed by atoms with Crippen molar-refractivity contribution < 1.29 is 33.7 Å². The minimum absolute atomic E-state index is 0. The molecule has 1 aromatic heterocycles. The zero-order chi connectivity index (χ0) is 9.42. The van der Waals surface area contributed by atoms with Gasteiger partial charge in [-0.3, -0.25) is 0 Å². The van der Waals surface area contributed by atoms with E-state index in [0.29, 0.717) is 5.75 Å². The number of hydrogen-bond acceptors (Lipinski definition) is 1. The van der Waals surface area contributed by atoms with Crippen LogP contribution in [-0.4, -0.2) is 5.11 Å². The maximum Gasteiger partial charge on any atom is 0.212 e. The summed E-state index contributed by atoms with van der Waals surface area (Å²) in [5, 5.41) is 10.3. The fourth-order valence-corrected chi connectivity index (χ4v) is 1.49. The van der Waals surface area contributed by atoms with Gasteiger partial charge in [0.25, 0.3) is 0 Å². The van der Waals surface area contributed by atoms with Gasteiger partial charge in [0.05, 0.1) is 5.39 Å². The highest BCUT2D eigenvalue weighted by atomic mass is 127. The molecule has 0 radical (unpaired) electrons. The van der Waals surface area contributed by atoms with E-state index >= 15 is 0 Å². The summed E-state index contributed by atoms with van der Waals surface area (Å²) < 4.78 is 2.11. The number of rotatable bonds is 0. The molecule has 2 aromatic rings. The van der Waals surface area contributed by atoms with Crippen LogP contribution in [0.25, 0.3) is 10.9 Å². The molecule has 1 N–H and O–H groups in total. The number of aryl methyl sites for hydroxylation is 2. The van der Waals surface area contributed by atoms with Crippen molar-refractivity contribution in [3.63, 3.8) is 0 Å². The summed E-state index contributed by atoms with van der Waals surface area (Å²) in [6, 6.07) is 9.47. The molecule has 2 nitrogen and oxygen atoms in total. The smallest absolute Gasteiger partial charge is 0.212 e. The Kier molecular flexibility index (Phi) is 3.31. The summed E-state index contributed by atoms with van der Waals surface area (Å²) in [6.45, 7) is 2.06. The van der Waals surface area contributed by atoms with Crippen LogP contribution in [-0.2, 0) is 7.05 Å². The molecule has 0 saturated carbocycles. The van der Waals surface area contributed by atoms with Gasteiger partial charge < -0.3 is 29.1 Å². The Hall–Kier alpha value is -0.840. The van der Waals surface area contributed by atoms with Crippen LogP contribution in [0.3, 0.4) is 0 Å². The van der Waals surface area contributed by atoms with E-state index in [1.54, 1.807) is 12.1 Å². The summed E-state index contributed by atoms with van der Waals surface area (Å²) in [6.07, 6.45) is 0. The van der Waals surface area contributed by atoms with E-state index < -0.39 is 0 Å². The van der Waals surface area contributed by atoms with Gasteiger partial charge >= 0.3 is 0 Å². The third kappa shape index (κ3) is 1.82. The van der Waals surface area contributed by atoms with Gasteiger partial charge in [-0.2, -0.15) is 4.57 Å². The van der Waals surface area contributed by atoms with Gasteiger partial charge in [-0.1, -0.05) is 0 Å². The topological polar surface area (TPSA) is 24.1 Å². The first-order valence-corrected chi connectivity index (χ1v) is 4.27. The van der Waals surface area contributed by atoms with Gasteiger partial charge in [-0.15, -0.1) is 0 Å². The highest BCUT2D eigenvalue weighted by molar-refractivity contribution is 5.77. The minimum atomic E-state index is 0. The molecule has 1 heterocycles. The minimum Gasteiger partial charge on any atom is -1.00 e. The molecule has 0 aliphatic carbocycles. The average molecular weight is 301 g/mol. The lowest BCUT2D eigenvalue weighted by Gasteiger charge is -1.99. The summed E-state index contributed by atoms with van der Waals surface area (Å²) >= 11 is 0. The van der Waals surface area contributed by atoms with Crippen LogP contribution in [0, 0.1) is 6.92 Å². The number of aromatic hydroxyl groups is 1. The van der Waals surface area contributed by atoms with Crippen molar-refractivity contribution in [3.8, 4) is 5.75 Å². The van der Waals surface area contributed by atoms with E-state index in [1.807, 2.05) is 25.2 Å². The number of pyridine rings is 1. The van der Waals surface area contributed by atoms with Crippen molar-refractivity contribution in [1.82, 2.24) is 0 Å². The second-order valence-corrected chi connectivity index (χ2v) is 3.28. The first-order chi connectivity index (χ1) is 6.18. The van der Waals surface area contributed by atoms with Gasteiger partial charge in [-0.05, 0) is 18.2 Å². The van der Waals surface area contributed by atoms with Crippen LogP contribution in [0.4, 0.5) is 0 Å². The Bertz CT molecular complexity index is 468.